The van der Waals surface area contributed by atoms with E-state index in [1.54, 1.807) is 18.3 Å². The fraction of sp³-hybridized carbons (Fsp3) is 0.235. The lowest BCUT2D eigenvalue weighted by Crippen LogP contribution is -2.26. The van der Waals surface area contributed by atoms with Crippen molar-refractivity contribution in [2.45, 2.75) is 13.3 Å². The van der Waals surface area contributed by atoms with Crippen molar-refractivity contribution in [2.75, 3.05) is 6.54 Å². The highest BCUT2D eigenvalue weighted by Gasteiger charge is 2.13. The van der Waals surface area contributed by atoms with E-state index in [2.05, 4.69) is 30.7 Å². The SMILES string of the molecule is Cc1nc(CCNC(=O)c2ccc3nnc(-c4cccn4C)n3c2)n[nH]1. The Balaban J connectivity index is 1.53. The average molecular weight is 350 g/mol. The summed E-state index contributed by atoms with van der Waals surface area (Å²) in [4.78, 5) is 16.7. The number of amides is 1. The lowest BCUT2D eigenvalue weighted by Gasteiger charge is -2.06. The third kappa shape index (κ3) is 2.94. The van der Waals surface area contributed by atoms with Gasteiger partial charge in [-0.3, -0.25) is 14.3 Å². The van der Waals surface area contributed by atoms with Gasteiger partial charge in [-0.2, -0.15) is 5.10 Å². The molecule has 4 heterocycles. The highest BCUT2D eigenvalue weighted by Crippen LogP contribution is 2.18. The highest BCUT2D eigenvalue weighted by atomic mass is 16.1. The van der Waals surface area contributed by atoms with E-state index in [9.17, 15) is 4.79 Å². The fourth-order valence-corrected chi connectivity index (χ4v) is 2.78. The Morgan fingerprint density at radius 1 is 1.27 bits per heavy atom. The van der Waals surface area contributed by atoms with Gasteiger partial charge in [-0.05, 0) is 31.2 Å². The van der Waals surface area contributed by atoms with Crippen molar-refractivity contribution in [1.29, 1.82) is 0 Å². The Kier molecular flexibility index (Phi) is 3.96. The summed E-state index contributed by atoms with van der Waals surface area (Å²) in [5.74, 6) is 1.98. The number of hydrogen-bond donors (Lipinski definition) is 2. The first-order valence-corrected chi connectivity index (χ1v) is 8.24. The molecule has 0 fully saturated rings. The number of H-pyrrole nitrogens is 1. The number of carbonyl (C=O) groups excluding carboxylic acids is 1. The Labute approximate surface area is 149 Å². The number of aromatic nitrogens is 7. The van der Waals surface area contributed by atoms with Crippen LogP contribution in [0, 0.1) is 6.92 Å². The van der Waals surface area contributed by atoms with Crippen LogP contribution in [0.25, 0.3) is 17.2 Å². The summed E-state index contributed by atoms with van der Waals surface area (Å²) in [6.07, 6.45) is 4.27. The van der Waals surface area contributed by atoms with E-state index in [0.29, 0.717) is 35.8 Å². The molecule has 0 aliphatic rings. The number of aryl methyl sites for hydroxylation is 2. The van der Waals surface area contributed by atoms with Gasteiger partial charge in [0.1, 0.15) is 5.82 Å². The van der Waals surface area contributed by atoms with Gasteiger partial charge in [0.15, 0.2) is 17.3 Å². The van der Waals surface area contributed by atoms with Crippen molar-refractivity contribution in [3.05, 3.63) is 53.9 Å². The molecule has 0 unspecified atom stereocenters. The molecule has 0 atom stereocenters. The Bertz CT molecular complexity index is 1070. The van der Waals surface area contributed by atoms with Gasteiger partial charge >= 0.3 is 0 Å². The summed E-state index contributed by atoms with van der Waals surface area (Å²) < 4.78 is 3.78. The normalized spacial score (nSPS) is 11.2. The minimum Gasteiger partial charge on any atom is -0.352 e. The molecule has 4 aromatic rings. The van der Waals surface area contributed by atoms with Crippen LogP contribution in [0.1, 0.15) is 22.0 Å². The molecule has 26 heavy (non-hydrogen) atoms. The molecular formula is C17H18N8O. The van der Waals surface area contributed by atoms with Gasteiger partial charge in [-0.25, -0.2) is 4.98 Å². The van der Waals surface area contributed by atoms with Gasteiger partial charge < -0.3 is 9.88 Å². The van der Waals surface area contributed by atoms with Crippen LogP contribution in [0.5, 0.6) is 0 Å². The van der Waals surface area contributed by atoms with E-state index in [-0.39, 0.29) is 5.91 Å². The van der Waals surface area contributed by atoms with Crippen molar-refractivity contribution in [2.24, 2.45) is 7.05 Å². The van der Waals surface area contributed by atoms with Crippen LogP contribution in [-0.2, 0) is 13.5 Å². The summed E-state index contributed by atoms with van der Waals surface area (Å²) in [7, 11) is 1.94. The van der Waals surface area contributed by atoms with E-state index in [4.69, 9.17) is 0 Å². The molecule has 0 saturated heterocycles. The quantitative estimate of drug-likeness (QED) is 0.561. The zero-order chi connectivity index (χ0) is 18.1. The zero-order valence-corrected chi connectivity index (χ0v) is 14.5. The number of nitrogens with zero attached hydrogens (tertiary/aromatic N) is 6. The summed E-state index contributed by atoms with van der Waals surface area (Å²) in [6, 6.07) is 7.43. The van der Waals surface area contributed by atoms with E-state index in [1.807, 2.05) is 41.3 Å². The number of pyridine rings is 1. The zero-order valence-electron chi connectivity index (χ0n) is 14.5. The third-order valence-corrected chi connectivity index (χ3v) is 4.12. The average Bonchev–Trinajstić information content (AvgIpc) is 3.34. The monoisotopic (exact) mass is 350 g/mol. The van der Waals surface area contributed by atoms with Crippen LogP contribution >= 0.6 is 0 Å². The van der Waals surface area contributed by atoms with Gasteiger partial charge in [0.25, 0.3) is 5.91 Å². The number of hydrogen-bond acceptors (Lipinski definition) is 5. The highest BCUT2D eigenvalue weighted by molar-refractivity contribution is 5.94. The van der Waals surface area contributed by atoms with Gasteiger partial charge in [0, 0.05) is 32.4 Å². The number of rotatable bonds is 5. The number of carbonyl (C=O) groups is 1. The lowest BCUT2D eigenvalue weighted by atomic mass is 10.2. The molecule has 9 nitrogen and oxygen atoms in total. The van der Waals surface area contributed by atoms with E-state index >= 15 is 0 Å². The number of fused-ring (bicyclic) bond motifs is 1. The second-order valence-electron chi connectivity index (χ2n) is 6.02. The van der Waals surface area contributed by atoms with Gasteiger partial charge in [0.05, 0.1) is 11.3 Å². The summed E-state index contributed by atoms with van der Waals surface area (Å²) >= 11 is 0. The van der Waals surface area contributed by atoms with Crippen LogP contribution < -0.4 is 5.32 Å². The molecule has 4 aromatic heterocycles. The predicted molar refractivity (Wildman–Crippen MR) is 94.6 cm³/mol. The molecule has 0 bridgehead atoms. The topological polar surface area (TPSA) is 106 Å². The lowest BCUT2D eigenvalue weighted by molar-refractivity contribution is 0.0953. The first kappa shape index (κ1) is 16.0. The van der Waals surface area contributed by atoms with E-state index < -0.39 is 0 Å². The van der Waals surface area contributed by atoms with Crippen molar-refractivity contribution in [3.63, 3.8) is 0 Å². The molecule has 2 N–H and O–H groups in total. The maximum atomic E-state index is 12.5. The standard InChI is InChI=1S/C17H18N8O/c1-11-19-14(21-20-11)7-8-18-17(26)12-5-6-15-22-23-16(25(15)10-12)13-4-3-9-24(13)2/h3-6,9-10H,7-8H2,1-2H3,(H,18,26)(H,19,20,21). The summed E-state index contributed by atoms with van der Waals surface area (Å²) in [5, 5.41) is 18.1. The minimum atomic E-state index is -0.161. The maximum absolute atomic E-state index is 12.5. The summed E-state index contributed by atoms with van der Waals surface area (Å²) in [5.41, 5.74) is 2.16. The van der Waals surface area contributed by atoms with E-state index in [1.165, 1.54) is 0 Å². The molecule has 9 heteroatoms. The van der Waals surface area contributed by atoms with Crippen LogP contribution in [0.15, 0.2) is 36.7 Å². The van der Waals surface area contributed by atoms with Crippen LogP contribution in [-0.4, -0.2) is 46.8 Å². The first-order chi connectivity index (χ1) is 12.6. The number of nitrogens with one attached hydrogen (secondary N) is 2. The van der Waals surface area contributed by atoms with Crippen LogP contribution in [0.2, 0.25) is 0 Å². The van der Waals surface area contributed by atoms with Crippen molar-refractivity contribution in [3.8, 4) is 11.5 Å². The minimum absolute atomic E-state index is 0.161. The van der Waals surface area contributed by atoms with E-state index in [0.717, 1.165) is 11.5 Å². The first-order valence-electron chi connectivity index (χ1n) is 8.24. The molecule has 0 spiro atoms. The van der Waals surface area contributed by atoms with Crippen molar-refractivity contribution < 1.29 is 4.79 Å². The molecule has 132 valence electrons. The Morgan fingerprint density at radius 3 is 2.88 bits per heavy atom. The third-order valence-electron chi connectivity index (χ3n) is 4.12. The number of aromatic amines is 1. The molecule has 0 aliphatic heterocycles. The predicted octanol–water partition coefficient (Wildman–Crippen LogP) is 1.13. The second-order valence-corrected chi connectivity index (χ2v) is 6.02. The van der Waals surface area contributed by atoms with Crippen molar-refractivity contribution >= 4 is 11.6 Å². The molecule has 0 aliphatic carbocycles. The van der Waals surface area contributed by atoms with Gasteiger partial charge in [0.2, 0.25) is 0 Å². The smallest absolute Gasteiger partial charge is 0.252 e. The fourth-order valence-electron chi connectivity index (χ4n) is 2.78. The van der Waals surface area contributed by atoms with Crippen molar-refractivity contribution in [1.82, 2.24) is 39.7 Å². The molecule has 0 saturated carbocycles. The molecule has 0 radical (unpaired) electrons. The molecule has 4 rings (SSSR count). The molecular weight excluding hydrogens is 332 g/mol. The van der Waals surface area contributed by atoms with Crippen LogP contribution in [0.4, 0.5) is 0 Å². The van der Waals surface area contributed by atoms with Crippen LogP contribution in [0.3, 0.4) is 0 Å². The summed E-state index contributed by atoms with van der Waals surface area (Å²) in [6.45, 7) is 2.30. The maximum Gasteiger partial charge on any atom is 0.252 e. The molecule has 1 amide bonds. The molecule has 0 aromatic carbocycles. The van der Waals surface area contributed by atoms with Gasteiger partial charge in [-0.1, -0.05) is 0 Å². The largest absolute Gasteiger partial charge is 0.352 e. The second kappa shape index (κ2) is 6.43. The van der Waals surface area contributed by atoms with Gasteiger partial charge in [-0.15, -0.1) is 10.2 Å². The Morgan fingerprint density at radius 2 is 2.15 bits per heavy atom. The Hall–Kier alpha value is -3.49.